The fourth-order valence-electron chi connectivity index (χ4n) is 4.21. The molecule has 1 aliphatic carbocycles. The average molecular weight is 468 g/mol. The van der Waals surface area contributed by atoms with Crippen LogP contribution >= 0.6 is 22.9 Å². The molecule has 1 N–H and O–H groups in total. The Kier molecular flexibility index (Phi) is 6.68. The number of rotatable bonds is 6. The van der Waals surface area contributed by atoms with E-state index in [-0.39, 0.29) is 6.61 Å². The number of hydrogen-bond acceptors (Lipinski definition) is 4. The lowest BCUT2D eigenvalue weighted by atomic mass is 9.88. The van der Waals surface area contributed by atoms with E-state index in [1.165, 1.54) is 11.3 Å². The number of carbonyl (C=O) groups excluding carboxylic acids is 2. The summed E-state index contributed by atoms with van der Waals surface area (Å²) < 4.78 is 5.34. The third-order valence-corrected chi connectivity index (χ3v) is 7.65. The van der Waals surface area contributed by atoms with Gasteiger partial charge >= 0.3 is 5.97 Å². The minimum absolute atomic E-state index is 0.278. The van der Waals surface area contributed by atoms with Gasteiger partial charge in [-0.2, -0.15) is 0 Å². The highest BCUT2D eigenvalue weighted by atomic mass is 35.5. The van der Waals surface area contributed by atoms with Gasteiger partial charge in [0.2, 0.25) is 0 Å². The Bertz CT molecular complexity index is 1070. The molecule has 0 unspecified atom stereocenters. The molecule has 1 amide bonds. The van der Waals surface area contributed by atoms with Crippen LogP contribution in [0.3, 0.4) is 0 Å². The van der Waals surface area contributed by atoms with E-state index >= 15 is 0 Å². The molecule has 4 nitrogen and oxygen atoms in total. The fraction of sp³-hybridized carbons (Fsp3) is 0.308. The van der Waals surface area contributed by atoms with Gasteiger partial charge in [0.25, 0.3) is 5.91 Å². The molecule has 0 saturated carbocycles. The first-order chi connectivity index (χ1) is 15.4. The van der Waals surface area contributed by atoms with Gasteiger partial charge in [0.05, 0.1) is 12.2 Å². The molecule has 0 fully saturated rings. The molecule has 4 rings (SSSR count). The number of nitrogens with one attached hydrogen (secondary N) is 1. The van der Waals surface area contributed by atoms with Crippen molar-refractivity contribution in [2.24, 2.45) is 5.92 Å². The van der Waals surface area contributed by atoms with Gasteiger partial charge in [0.15, 0.2) is 4.87 Å². The smallest absolute Gasteiger partial charge is 0.341 e. The topological polar surface area (TPSA) is 55.4 Å². The molecule has 1 heterocycles. The standard InChI is InChI=1S/C26H26ClNO3S/c1-3-31-24(29)22-20-15-14-17(2)16-21(20)32-23(22)28-25(30)26(27,18-10-6-4-7-11-18)19-12-8-5-9-13-19/h4-13,17H,3,14-16H2,1-2H3,(H,28,30)/t17-/m0/s1. The van der Waals surface area contributed by atoms with Gasteiger partial charge in [-0.25, -0.2) is 4.79 Å². The van der Waals surface area contributed by atoms with Crippen LogP contribution in [-0.2, 0) is 27.2 Å². The molecule has 0 bridgehead atoms. The number of benzene rings is 2. The van der Waals surface area contributed by atoms with Crippen molar-refractivity contribution >= 4 is 39.8 Å². The first-order valence-corrected chi connectivity index (χ1v) is 12.1. The van der Waals surface area contributed by atoms with E-state index in [2.05, 4.69) is 12.2 Å². The monoisotopic (exact) mass is 467 g/mol. The number of ether oxygens (including phenoxy) is 1. The van der Waals surface area contributed by atoms with Crippen LogP contribution < -0.4 is 5.32 Å². The Morgan fingerprint density at radius 2 is 1.69 bits per heavy atom. The number of halogens is 1. The lowest BCUT2D eigenvalue weighted by molar-refractivity contribution is -0.117. The predicted octanol–water partition coefficient (Wildman–Crippen LogP) is 6.17. The van der Waals surface area contributed by atoms with Crippen LogP contribution in [-0.4, -0.2) is 18.5 Å². The highest BCUT2D eigenvalue weighted by Gasteiger charge is 2.41. The van der Waals surface area contributed by atoms with E-state index in [4.69, 9.17) is 16.3 Å². The van der Waals surface area contributed by atoms with Crippen molar-refractivity contribution in [1.29, 1.82) is 0 Å². The number of amides is 1. The molecule has 0 spiro atoms. The maximum absolute atomic E-state index is 13.8. The van der Waals surface area contributed by atoms with Crippen LogP contribution in [0.25, 0.3) is 0 Å². The Hall–Kier alpha value is -2.63. The van der Waals surface area contributed by atoms with E-state index in [0.29, 0.717) is 27.6 Å². The van der Waals surface area contributed by atoms with E-state index in [1.54, 1.807) is 6.92 Å². The summed E-state index contributed by atoms with van der Waals surface area (Å²) in [5.74, 6) is -0.247. The number of alkyl halides is 1. The van der Waals surface area contributed by atoms with Crippen LogP contribution in [0.2, 0.25) is 0 Å². The van der Waals surface area contributed by atoms with Gasteiger partial charge in [0.1, 0.15) is 5.00 Å². The molecule has 6 heteroatoms. The van der Waals surface area contributed by atoms with Gasteiger partial charge in [-0.3, -0.25) is 4.79 Å². The number of carbonyl (C=O) groups is 2. The normalized spacial score (nSPS) is 15.7. The van der Waals surface area contributed by atoms with Crippen LogP contribution in [0.5, 0.6) is 0 Å². The van der Waals surface area contributed by atoms with Crippen molar-refractivity contribution in [2.45, 2.75) is 38.0 Å². The average Bonchev–Trinajstić information content (AvgIpc) is 3.16. The van der Waals surface area contributed by atoms with Crippen molar-refractivity contribution in [3.63, 3.8) is 0 Å². The summed E-state index contributed by atoms with van der Waals surface area (Å²) in [6.45, 7) is 4.27. The molecule has 166 valence electrons. The first-order valence-electron chi connectivity index (χ1n) is 10.9. The second kappa shape index (κ2) is 9.47. The molecule has 0 radical (unpaired) electrons. The molecule has 0 aliphatic heterocycles. The minimum Gasteiger partial charge on any atom is -0.462 e. The maximum Gasteiger partial charge on any atom is 0.341 e. The molecule has 1 aliphatic rings. The molecule has 2 aromatic carbocycles. The lowest BCUT2D eigenvalue weighted by Crippen LogP contribution is -2.36. The summed E-state index contributed by atoms with van der Waals surface area (Å²) in [6, 6.07) is 18.6. The summed E-state index contributed by atoms with van der Waals surface area (Å²) in [7, 11) is 0. The van der Waals surface area contributed by atoms with Gasteiger partial charge in [-0.15, -0.1) is 11.3 Å². The van der Waals surface area contributed by atoms with Crippen molar-refractivity contribution in [3.05, 3.63) is 87.8 Å². The van der Waals surface area contributed by atoms with Crippen LogP contribution in [0.4, 0.5) is 5.00 Å². The second-order valence-corrected chi connectivity index (χ2v) is 9.79. The summed E-state index contributed by atoms with van der Waals surface area (Å²) in [6.07, 6.45) is 2.71. The summed E-state index contributed by atoms with van der Waals surface area (Å²) in [5, 5.41) is 3.52. The Morgan fingerprint density at radius 1 is 1.09 bits per heavy atom. The van der Waals surface area contributed by atoms with Crippen LogP contribution in [0.15, 0.2) is 60.7 Å². The Morgan fingerprint density at radius 3 is 2.25 bits per heavy atom. The van der Waals surface area contributed by atoms with E-state index in [0.717, 1.165) is 29.7 Å². The summed E-state index contributed by atoms with van der Waals surface area (Å²) in [4.78, 5) is 26.3. The largest absolute Gasteiger partial charge is 0.462 e. The lowest BCUT2D eigenvalue weighted by Gasteiger charge is -2.27. The van der Waals surface area contributed by atoms with Crippen molar-refractivity contribution in [2.75, 3.05) is 11.9 Å². The van der Waals surface area contributed by atoms with Gasteiger partial charge in [-0.05, 0) is 48.8 Å². The molecule has 32 heavy (non-hydrogen) atoms. The highest BCUT2D eigenvalue weighted by Crippen LogP contribution is 2.43. The minimum atomic E-state index is -1.44. The summed E-state index contributed by atoms with van der Waals surface area (Å²) in [5.41, 5.74) is 2.81. The molecule has 3 aromatic rings. The Labute approximate surface area is 197 Å². The van der Waals surface area contributed by atoms with Gasteiger partial charge in [0, 0.05) is 4.88 Å². The highest BCUT2D eigenvalue weighted by molar-refractivity contribution is 7.17. The number of fused-ring (bicyclic) bond motifs is 1. The molecule has 1 aromatic heterocycles. The maximum atomic E-state index is 13.8. The van der Waals surface area contributed by atoms with Gasteiger partial charge in [-0.1, -0.05) is 79.2 Å². The zero-order valence-electron chi connectivity index (χ0n) is 18.2. The molecular weight excluding hydrogens is 442 g/mol. The molecule has 1 atom stereocenters. The third-order valence-electron chi connectivity index (χ3n) is 5.87. The quantitative estimate of drug-likeness (QED) is 0.348. The predicted molar refractivity (Wildman–Crippen MR) is 130 cm³/mol. The molecule has 0 saturated heterocycles. The zero-order chi connectivity index (χ0) is 22.7. The first kappa shape index (κ1) is 22.6. The van der Waals surface area contributed by atoms with E-state index in [1.807, 2.05) is 60.7 Å². The van der Waals surface area contributed by atoms with Crippen molar-refractivity contribution < 1.29 is 14.3 Å². The fourth-order valence-corrected chi connectivity index (χ4v) is 5.90. The van der Waals surface area contributed by atoms with Crippen LogP contribution in [0, 0.1) is 5.92 Å². The van der Waals surface area contributed by atoms with E-state index in [9.17, 15) is 9.59 Å². The Balaban J connectivity index is 1.77. The molecular formula is C26H26ClNO3S. The van der Waals surface area contributed by atoms with Crippen LogP contribution in [0.1, 0.15) is 52.2 Å². The van der Waals surface area contributed by atoms with E-state index < -0.39 is 16.8 Å². The number of thiophene rings is 1. The number of hydrogen-bond donors (Lipinski definition) is 1. The third kappa shape index (κ3) is 4.19. The SMILES string of the molecule is CCOC(=O)c1c(NC(=O)C(Cl)(c2ccccc2)c2ccccc2)sc2c1CC[C@H](C)C2. The second-order valence-electron chi connectivity index (χ2n) is 8.12. The zero-order valence-corrected chi connectivity index (χ0v) is 19.8. The number of esters is 1. The van der Waals surface area contributed by atoms with Crippen molar-refractivity contribution in [1.82, 2.24) is 0 Å². The number of anilines is 1. The van der Waals surface area contributed by atoms with Gasteiger partial charge < -0.3 is 10.1 Å². The summed E-state index contributed by atoms with van der Waals surface area (Å²) >= 11 is 8.57. The van der Waals surface area contributed by atoms with Crippen molar-refractivity contribution in [3.8, 4) is 0 Å².